The fourth-order valence-electron chi connectivity index (χ4n) is 1.35. The van der Waals surface area contributed by atoms with E-state index in [4.69, 9.17) is 5.73 Å². The maximum absolute atomic E-state index is 5.59. The van der Waals surface area contributed by atoms with Gasteiger partial charge < -0.3 is 5.73 Å². The molecule has 2 aromatic rings. The maximum Gasteiger partial charge on any atom is 0.341 e. The Balaban J connectivity index is 2.25. The lowest BCUT2D eigenvalue weighted by Gasteiger charge is -1.98. The van der Waals surface area contributed by atoms with Crippen molar-refractivity contribution in [2.24, 2.45) is 0 Å². The third kappa shape index (κ3) is 1.24. The van der Waals surface area contributed by atoms with Gasteiger partial charge in [-0.2, -0.15) is 4.98 Å². The lowest BCUT2D eigenvalue weighted by Crippen LogP contribution is -2.00. The van der Waals surface area contributed by atoms with Gasteiger partial charge in [-0.15, -0.1) is 11.3 Å². The van der Waals surface area contributed by atoms with Gasteiger partial charge in [-0.05, 0) is 0 Å². The molecule has 0 atom stereocenters. The van der Waals surface area contributed by atoms with Gasteiger partial charge in [0.2, 0.25) is 12.0 Å². The molecule has 1 radical (unpaired) electrons. The second-order valence-corrected chi connectivity index (χ2v) is 3.76. The summed E-state index contributed by atoms with van der Waals surface area (Å²) in [6, 6.07) is 0. The average Bonchev–Trinajstić information content (AvgIpc) is 2.86. The molecule has 0 aliphatic carbocycles. The first-order valence-electron chi connectivity index (χ1n) is 4.21. The van der Waals surface area contributed by atoms with Crippen molar-refractivity contribution in [1.29, 1.82) is 0 Å². The highest BCUT2D eigenvalue weighted by Gasteiger charge is 2.26. The van der Waals surface area contributed by atoms with E-state index < -0.39 is 0 Å². The minimum Gasteiger partial charge on any atom is -0.354 e. The number of nitrogens with two attached hydrogens (primary N) is 1. The minimum atomic E-state index is 0.208. The largest absolute Gasteiger partial charge is 0.354 e. The van der Waals surface area contributed by atoms with Crippen molar-refractivity contribution >= 4 is 35.1 Å². The third-order valence-electron chi connectivity index (χ3n) is 1.94. The van der Waals surface area contributed by atoms with Crippen LogP contribution in [0.5, 0.6) is 0 Å². The fraction of sp³-hybridized carbons (Fsp3) is 0. The van der Waals surface area contributed by atoms with Crippen LogP contribution in [0.4, 0.5) is 17.5 Å². The summed E-state index contributed by atoms with van der Waals surface area (Å²) in [5.41, 5.74) is 7.05. The van der Waals surface area contributed by atoms with E-state index >= 15 is 0 Å². The van der Waals surface area contributed by atoms with Crippen LogP contribution in [0.1, 0.15) is 0 Å². The van der Waals surface area contributed by atoms with E-state index in [1.807, 2.05) is 5.38 Å². The first-order chi connectivity index (χ1) is 7.34. The van der Waals surface area contributed by atoms with E-state index in [9.17, 15) is 0 Å². The van der Waals surface area contributed by atoms with Crippen LogP contribution in [0.3, 0.4) is 0 Å². The highest BCUT2D eigenvalue weighted by atomic mass is 32.1. The van der Waals surface area contributed by atoms with E-state index in [-0.39, 0.29) is 5.95 Å². The molecule has 73 valence electrons. The molecule has 0 fully saturated rings. The molecule has 15 heavy (non-hydrogen) atoms. The van der Waals surface area contributed by atoms with E-state index in [1.54, 1.807) is 12.5 Å². The zero-order valence-corrected chi connectivity index (χ0v) is 8.32. The molecule has 3 rings (SSSR count). The number of aliphatic imine (C=N–C) groups is 1. The van der Waals surface area contributed by atoms with Crippen molar-refractivity contribution in [2.75, 3.05) is 11.1 Å². The van der Waals surface area contributed by atoms with Crippen LogP contribution in [0.15, 0.2) is 11.6 Å². The number of anilines is 2. The number of hydrogen-bond acceptors (Lipinski definition) is 7. The van der Waals surface area contributed by atoms with Gasteiger partial charge in [0.1, 0.15) is 5.01 Å². The number of nitrogens with zero attached hydrogens (tertiary/aromatic N) is 4. The first-order valence-corrected chi connectivity index (χ1v) is 5.09. The van der Waals surface area contributed by atoms with E-state index in [0.29, 0.717) is 11.5 Å². The summed E-state index contributed by atoms with van der Waals surface area (Å²) in [7, 11) is 0. The Kier molecular flexibility index (Phi) is 1.65. The number of nitrogen functional groups attached to an aromatic ring is 1. The molecule has 3 heterocycles. The van der Waals surface area contributed by atoms with Gasteiger partial charge in [0.15, 0.2) is 5.69 Å². The topological polar surface area (TPSA) is 90.8 Å². The van der Waals surface area contributed by atoms with Crippen LogP contribution in [-0.4, -0.2) is 21.3 Å². The lowest BCUT2D eigenvalue weighted by molar-refractivity contribution is 1.16. The summed E-state index contributed by atoms with van der Waals surface area (Å²) in [5.74, 6) is 0.771. The molecule has 6 nitrogen and oxygen atoms in total. The predicted octanol–water partition coefficient (Wildman–Crippen LogP) is 0.603. The van der Waals surface area contributed by atoms with Crippen molar-refractivity contribution in [2.45, 2.75) is 0 Å². The Labute approximate surface area is 88.9 Å². The minimum absolute atomic E-state index is 0.208. The highest BCUT2D eigenvalue weighted by Crippen LogP contribution is 2.33. The van der Waals surface area contributed by atoms with Gasteiger partial charge in [0.25, 0.3) is 5.95 Å². The normalized spacial score (nSPS) is 12.5. The Bertz CT molecular complexity index is 532. The monoisotopic (exact) mass is 218 g/mol. The molecular formula is C8H6N6S+. The highest BCUT2D eigenvalue weighted by molar-refractivity contribution is 7.13. The van der Waals surface area contributed by atoms with E-state index in [1.165, 1.54) is 11.3 Å². The molecule has 0 saturated carbocycles. The average molecular weight is 218 g/mol. The second-order valence-electron chi connectivity index (χ2n) is 2.87. The SMILES string of the molecule is Nc1nc2c(c(-c3nccs3)n1)NC=[N+]2. The number of aromatic nitrogens is 3. The van der Waals surface area contributed by atoms with Gasteiger partial charge in [0.05, 0.1) is 0 Å². The van der Waals surface area contributed by atoms with Gasteiger partial charge in [0, 0.05) is 11.6 Å². The summed E-state index contributed by atoms with van der Waals surface area (Å²) in [5, 5.41) is 5.67. The number of fused-ring (bicyclic) bond motifs is 1. The molecule has 2 aromatic heterocycles. The Morgan fingerprint density at radius 1 is 1.40 bits per heavy atom. The van der Waals surface area contributed by atoms with Crippen LogP contribution < -0.4 is 16.0 Å². The summed E-state index contributed by atoms with van der Waals surface area (Å²) in [6.45, 7) is 0. The van der Waals surface area contributed by atoms with Gasteiger partial charge in [-0.3, -0.25) is 5.32 Å². The Morgan fingerprint density at radius 2 is 2.33 bits per heavy atom. The van der Waals surface area contributed by atoms with Gasteiger partial charge >= 0.3 is 5.82 Å². The van der Waals surface area contributed by atoms with Crippen molar-refractivity contribution < 1.29 is 0 Å². The molecule has 0 unspecified atom stereocenters. The first kappa shape index (κ1) is 8.30. The predicted molar refractivity (Wildman–Crippen MR) is 59.0 cm³/mol. The molecule has 0 bridgehead atoms. The second kappa shape index (κ2) is 2.99. The molecular weight excluding hydrogens is 212 g/mol. The molecule has 7 heteroatoms. The summed E-state index contributed by atoms with van der Waals surface area (Å²) >= 11 is 1.50. The molecule has 0 amide bonds. The van der Waals surface area contributed by atoms with Crippen LogP contribution >= 0.6 is 11.3 Å². The Morgan fingerprint density at radius 3 is 3.13 bits per heavy atom. The molecule has 0 aromatic carbocycles. The van der Waals surface area contributed by atoms with Crippen molar-refractivity contribution in [3.63, 3.8) is 0 Å². The standard InChI is InChI=1S/C8H6N6S/c9-8-13-5(7-10-1-2-15-7)4-6(14-8)12-3-11-4/h1-3,11H,(H2,9,13,14)/q+1. The third-order valence-corrected chi connectivity index (χ3v) is 2.72. The van der Waals surface area contributed by atoms with Gasteiger partial charge in [-0.1, -0.05) is 9.98 Å². The quantitative estimate of drug-likeness (QED) is 0.731. The van der Waals surface area contributed by atoms with Crippen LogP contribution in [0.25, 0.3) is 10.7 Å². The fourth-order valence-corrected chi connectivity index (χ4v) is 1.98. The van der Waals surface area contributed by atoms with Crippen LogP contribution in [-0.2, 0) is 0 Å². The van der Waals surface area contributed by atoms with E-state index in [2.05, 4.69) is 25.3 Å². The number of rotatable bonds is 1. The number of thiazole rings is 1. The van der Waals surface area contributed by atoms with Crippen LogP contribution in [0.2, 0.25) is 0 Å². The van der Waals surface area contributed by atoms with Crippen molar-refractivity contribution in [3.8, 4) is 10.7 Å². The molecule has 1 aliphatic rings. The zero-order valence-electron chi connectivity index (χ0n) is 7.51. The molecule has 0 spiro atoms. The number of nitrogens with one attached hydrogen (secondary N) is 1. The molecule has 1 aliphatic heterocycles. The lowest BCUT2D eigenvalue weighted by atomic mass is 10.3. The van der Waals surface area contributed by atoms with Crippen molar-refractivity contribution in [1.82, 2.24) is 19.9 Å². The molecule has 3 N–H and O–H groups in total. The summed E-state index contributed by atoms with van der Waals surface area (Å²) < 4.78 is 0. The Hall–Kier alpha value is -2.02. The molecule has 0 saturated heterocycles. The zero-order chi connectivity index (χ0) is 10.3. The summed E-state index contributed by atoms with van der Waals surface area (Å²) in [6.07, 6.45) is 3.29. The van der Waals surface area contributed by atoms with Crippen LogP contribution in [0, 0.1) is 0 Å². The number of hydrogen-bond donors (Lipinski definition) is 2. The maximum atomic E-state index is 5.59. The van der Waals surface area contributed by atoms with Gasteiger partial charge in [-0.25, -0.2) is 4.98 Å². The summed E-state index contributed by atoms with van der Waals surface area (Å²) in [4.78, 5) is 16.4. The van der Waals surface area contributed by atoms with Crippen molar-refractivity contribution in [3.05, 3.63) is 11.6 Å². The van der Waals surface area contributed by atoms with E-state index in [0.717, 1.165) is 10.7 Å². The smallest absolute Gasteiger partial charge is 0.341 e.